The van der Waals surface area contributed by atoms with E-state index < -0.39 is 0 Å². The summed E-state index contributed by atoms with van der Waals surface area (Å²) < 4.78 is 2.06. The smallest absolute Gasteiger partial charge is 0.211 e. The molecule has 1 aliphatic heterocycles. The highest BCUT2D eigenvalue weighted by Gasteiger charge is 2.17. The predicted molar refractivity (Wildman–Crippen MR) is 98.8 cm³/mol. The number of para-hydroxylation sites is 1. The molecule has 25 heavy (non-hydrogen) atoms. The lowest BCUT2D eigenvalue weighted by molar-refractivity contribution is 0.578. The summed E-state index contributed by atoms with van der Waals surface area (Å²) >= 11 is 0. The van der Waals surface area contributed by atoms with Crippen molar-refractivity contribution in [2.75, 3.05) is 31.1 Å². The van der Waals surface area contributed by atoms with Crippen LogP contribution in [0.15, 0.2) is 55.0 Å². The highest BCUT2D eigenvalue weighted by atomic mass is 15.3. The maximum absolute atomic E-state index is 4.95. The van der Waals surface area contributed by atoms with Gasteiger partial charge in [0.2, 0.25) is 5.95 Å². The lowest BCUT2D eigenvalue weighted by Crippen LogP contribution is -2.44. The van der Waals surface area contributed by atoms with Crippen LogP contribution in [0.2, 0.25) is 0 Å². The molecule has 0 spiro atoms. The minimum Gasteiger partial charge on any atom is -0.339 e. The number of benzene rings is 1. The van der Waals surface area contributed by atoms with Gasteiger partial charge in [-0.05, 0) is 12.1 Å². The van der Waals surface area contributed by atoms with Gasteiger partial charge >= 0.3 is 0 Å². The van der Waals surface area contributed by atoms with E-state index in [0.29, 0.717) is 0 Å². The van der Waals surface area contributed by atoms with Crippen LogP contribution in [-0.2, 0) is 0 Å². The Morgan fingerprint density at radius 1 is 1.00 bits per heavy atom. The Bertz CT molecular complexity index is 1050. The third-order valence-electron chi connectivity index (χ3n) is 4.66. The summed E-state index contributed by atoms with van der Waals surface area (Å²) in [5.74, 6) is 0.944. The van der Waals surface area contributed by atoms with Gasteiger partial charge in [-0.3, -0.25) is 9.38 Å². The molecule has 0 aliphatic carbocycles. The molecule has 0 atom stereocenters. The minimum atomic E-state index is 0.908. The van der Waals surface area contributed by atoms with E-state index >= 15 is 0 Å². The molecule has 0 bridgehead atoms. The van der Waals surface area contributed by atoms with Gasteiger partial charge in [0.05, 0.1) is 11.2 Å². The van der Waals surface area contributed by atoms with Crippen molar-refractivity contribution < 1.29 is 0 Å². The van der Waals surface area contributed by atoms with E-state index in [2.05, 4.69) is 36.7 Å². The van der Waals surface area contributed by atoms with Gasteiger partial charge in [-0.15, -0.1) is 0 Å². The number of aromatic nitrogens is 4. The molecule has 124 valence electrons. The second-order valence-corrected chi connectivity index (χ2v) is 6.25. The summed E-state index contributed by atoms with van der Waals surface area (Å²) in [6, 6.07) is 12.3. The van der Waals surface area contributed by atoms with Crippen molar-refractivity contribution in [1.82, 2.24) is 24.7 Å². The summed E-state index contributed by atoms with van der Waals surface area (Å²) in [6.45, 7) is 3.83. The predicted octanol–water partition coefficient (Wildman–Crippen LogP) is 2.35. The van der Waals surface area contributed by atoms with Crippen molar-refractivity contribution in [2.24, 2.45) is 0 Å². The van der Waals surface area contributed by atoms with Crippen LogP contribution >= 0.6 is 0 Å². The van der Waals surface area contributed by atoms with Gasteiger partial charge in [0.25, 0.3) is 0 Å². The van der Waals surface area contributed by atoms with Crippen molar-refractivity contribution in [3.63, 3.8) is 0 Å². The Morgan fingerprint density at radius 2 is 1.88 bits per heavy atom. The lowest BCUT2D eigenvalue weighted by atomic mass is 10.1. The van der Waals surface area contributed by atoms with Crippen molar-refractivity contribution >= 4 is 22.5 Å². The molecule has 3 aromatic heterocycles. The van der Waals surface area contributed by atoms with Gasteiger partial charge < -0.3 is 10.2 Å². The molecule has 1 aromatic carbocycles. The normalized spacial score (nSPS) is 15.1. The van der Waals surface area contributed by atoms with Gasteiger partial charge in [0.1, 0.15) is 5.65 Å². The highest BCUT2D eigenvalue weighted by molar-refractivity contribution is 5.83. The quantitative estimate of drug-likeness (QED) is 0.611. The van der Waals surface area contributed by atoms with Gasteiger partial charge in [-0.2, -0.15) is 0 Å². The van der Waals surface area contributed by atoms with E-state index in [-0.39, 0.29) is 0 Å². The van der Waals surface area contributed by atoms with E-state index in [1.54, 1.807) is 0 Å². The SMILES string of the molecule is c1ccc2ncc(-c3cc4nccn4c(N4CCNCC4)n3)cc2c1. The Labute approximate surface area is 145 Å². The van der Waals surface area contributed by atoms with Crippen molar-refractivity contribution in [2.45, 2.75) is 0 Å². The van der Waals surface area contributed by atoms with E-state index in [1.807, 2.05) is 42.9 Å². The van der Waals surface area contributed by atoms with Gasteiger partial charge in [-0.25, -0.2) is 9.97 Å². The largest absolute Gasteiger partial charge is 0.339 e. The maximum atomic E-state index is 4.95. The van der Waals surface area contributed by atoms with Crippen LogP contribution in [0.5, 0.6) is 0 Å². The second kappa shape index (κ2) is 5.82. The molecule has 1 fully saturated rings. The first-order valence-electron chi connectivity index (χ1n) is 8.53. The Kier molecular flexibility index (Phi) is 3.34. The van der Waals surface area contributed by atoms with Crippen LogP contribution in [-0.4, -0.2) is 45.5 Å². The standard InChI is InChI=1S/C19H18N6/c1-2-4-16-14(3-1)11-15(13-22-16)17-12-18-21-7-10-25(18)19(23-17)24-8-5-20-6-9-24/h1-4,7,10-13,20H,5-6,8-9H2. The minimum absolute atomic E-state index is 0.908. The first-order valence-corrected chi connectivity index (χ1v) is 8.53. The van der Waals surface area contributed by atoms with Gasteiger partial charge in [0.15, 0.2) is 0 Å². The van der Waals surface area contributed by atoms with Crippen LogP contribution in [0.1, 0.15) is 0 Å². The molecule has 1 aliphatic rings. The first kappa shape index (κ1) is 14.4. The number of nitrogens with one attached hydrogen (secondary N) is 1. The lowest BCUT2D eigenvalue weighted by Gasteiger charge is -2.29. The fraction of sp³-hybridized carbons (Fsp3) is 0.211. The highest BCUT2D eigenvalue weighted by Crippen LogP contribution is 2.25. The third-order valence-corrected chi connectivity index (χ3v) is 4.66. The monoisotopic (exact) mass is 330 g/mol. The zero-order chi connectivity index (χ0) is 16.6. The van der Waals surface area contributed by atoms with Crippen molar-refractivity contribution in [3.8, 4) is 11.3 Å². The van der Waals surface area contributed by atoms with E-state index in [0.717, 1.165) is 59.9 Å². The molecule has 1 N–H and O–H groups in total. The second-order valence-electron chi connectivity index (χ2n) is 6.25. The van der Waals surface area contributed by atoms with Crippen molar-refractivity contribution in [1.29, 1.82) is 0 Å². The molecule has 4 aromatic rings. The fourth-order valence-corrected chi connectivity index (χ4v) is 3.35. The Balaban J connectivity index is 1.67. The van der Waals surface area contributed by atoms with Crippen LogP contribution < -0.4 is 10.2 Å². The van der Waals surface area contributed by atoms with Crippen LogP contribution in [0, 0.1) is 0 Å². The number of anilines is 1. The molecule has 0 amide bonds. The average molecular weight is 330 g/mol. The summed E-state index contributed by atoms with van der Waals surface area (Å²) in [5, 5.41) is 4.51. The summed E-state index contributed by atoms with van der Waals surface area (Å²) in [4.78, 5) is 16.3. The fourth-order valence-electron chi connectivity index (χ4n) is 3.35. The topological polar surface area (TPSA) is 58.4 Å². The summed E-state index contributed by atoms with van der Waals surface area (Å²) in [6.07, 6.45) is 5.69. The maximum Gasteiger partial charge on any atom is 0.211 e. The van der Waals surface area contributed by atoms with Crippen molar-refractivity contribution in [3.05, 3.63) is 55.0 Å². The molecule has 0 unspecified atom stereocenters. The zero-order valence-electron chi connectivity index (χ0n) is 13.8. The molecule has 0 radical (unpaired) electrons. The van der Waals surface area contributed by atoms with Crippen LogP contribution in [0.4, 0.5) is 5.95 Å². The summed E-state index contributed by atoms with van der Waals surface area (Å²) in [5.41, 5.74) is 3.83. The molecule has 6 nitrogen and oxygen atoms in total. The first-order chi connectivity index (χ1) is 12.4. The number of pyridine rings is 1. The number of rotatable bonds is 2. The number of piperazine rings is 1. The molecule has 6 heteroatoms. The van der Waals surface area contributed by atoms with Crippen LogP contribution in [0.3, 0.4) is 0 Å². The van der Waals surface area contributed by atoms with Gasteiger partial charge in [-0.1, -0.05) is 18.2 Å². The number of hydrogen-bond acceptors (Lipinski definition) is 5. The molecule has 5 rings (SSSR count). The number of nitrogens with zero attached hydrogens (tertiary/aromatic N) is 5. The number of fused-ring (bicyclic) bond motifs is 2. The zero-order valence-corrected chi connectivity index (χ0v) is 13.8. The van der Waals surface area contributed by atoms with Gasteiger partial charge in [0, 0.05) is 61.8 Å². The average Bonchev–Trinajstić information content (AvgIpc) is 3.16. The summed E-state index contributed by atoms with van der Waals surface area (Å²) in [7, 11) is 0. The van der Waals surface area contributed by atoms with Crippen LogP contribution in [0.25, 0.3) is 27.8 Å². The Morgan fingerprint density at radius 3 is 2.80 bits per heavy atom. The molecular formula is C19H18N6. The molecule has 4 heterocycles. The van der Waals surface area contributed by atoms with E-state index in [4.69, 9.17) is 4.98 Å². The van der Waals surface area contributed by atoms with E-state index in [1.165, 1.54) is 0 Å². The van der Waals surface area contributed by atoms with E-state index in [9.17, 15) is 0 Å². The molecule has 0 saturated carbocycles. The molecular weight excluding hydrogens is 312 g/mol. The third kappa shape index (κ3) is 2.51. The Hall–Kier alpha value is -2.99. The number of imidazole rings is 1. The molecule has 1 saturated heterocycles. The number of hydrogen-bond donors (Lipinski definition) is 1.